The molecule has 0 aliphatic heterocycles. The molecule has 23 heavy (non-hydrogen) atoms. The minimum absolute atomic E-state index is 0.103. The van der Waals surface area contributed by atoms with Gasteiger partial charge < -0.3 is 4.74 Å². The molecule has 0 bridgehead atoms. The summed E-state index contributed by atoms with van der Waals surface area (Å²) in [5, 5.41) is 5.85. The fourth-order valence-corrected chi connectivity index (χ4v) is 2.01. The third-order valence-corrected chi connectivity index (χ3v) is 2.93. The van der Waals surface area contributed by atoms with Gasteiger partial charge in [-0.2, -0.15) is 0 Å². The second-order valence-electron chi connectivity index (χ2n) is 4.88. The molecule has 1 aromatic carbocycles. The van der Waals surface area contributed by atoms with Crippen LogP contribution < -0.4 is 20.4 Å². The number of carbonyl (C=O) groups is 2. The Bertz CT molecular complexity index is 783. The van der Waals surface area contributed by atoms with Crippen molar-refractivity contribution in [2.45, 2.75) is 20.8 Å². The highest BCUT2D eigenvalue weighted by molar-refractivity contribution is 6.01. The molecule has 0 atom stereocenters. The first-order valence-corrected chi connectivity index (χ1v) is 6.90. The van der Waals surface area contributed by atoms with E-state index in [1.807, 2.05) is 19.1 Å². The topological polar surface area (TPSA) is 107 Å². The average Bonchev–Trinajstić information content (AvgIpc) is 2.45. The molecule has 8 nitrogen and oxygen atoms in total. The Hall–Kier alpha value is -3.03. The van der Waals surface area contributed by atoms with Crippen LogP contribution in [0, 0.1) is 6.92 Å². The fraction of sp³-hybridized carbons (Fsp3) is 0.267. The Kier molecular flexibility index (Phi) is 4.85. The number of aromatic nitrogens is 2. The van der Waals surface area contributed by atoms with Crippen LogP contribution >= 0.6 is 0 Å². The first kappa shape index (κ1) is 16.3. The number of hydrogen-bond donors (Lipinski definition) is 3. The van der Waals surface area contributed by atoms with Gasteiger partial charge in [-0.3, -0.25) is 9.59 Å². The number of nitrogens with zero attached hydrogens (tertiary/aromatic N) is 2. The maximum absolute atomic E-state index is 11.2. The first-order valence-electron chi connectivity index (χ1n) is 6.90. The van der Waals surface area contributed by atoms with Gasteiger partial charge >= 0.3 is 5.95 Å². The van der Waals surface area contributed by atoms with Gasteiger partial charge in [0.15, 0.2) is 0 Å². The smallest absolute Gasteiger partial charge is 0.354 e. The molecular formula is C15H18N5O3+. The molecule has 120 valence electrons. The monoisotopic (exact) mass is 316 g/mol. The van der Waals surface area contributed by atoms with Crippen molar-refractivity contribution >= 4 is 34.6 Å². The molecule has 3 N–H and O–H groups in total. The van der Waals surface area contributed by atoms with Crippen LogP contribution in [0.3, 0.4) is 0 Å². The SMILES string of the molecule is COc1ccc2c(C)nc([NH+]=C(NC(C)=O)NC(C)=O)nc2c1. The summed E-state index contributed by atoms with van der Waals surface area (Å²) in [5.74, 6) is 0.364. The van der Waals surface area contributed by atoms with Crippen LogP contribution in [0.5, 0.6) is 5.75 Å². The minimum Gasteiger partial charge on any atom is -0.497 e. The zero-order valence-corrected chi connectivity index (χ0v) is 13.4. The van der Waals surface area contributed by atoms with Crippen LogP contribution in [0.25, 0.3) is 10.9 Å². The summed E-state index contributed by atoms with van der Waals surface area (Å²) in [6, 6.07) is 5.49. The molecule has 2 rings (SSSR count). The number of rotatable bonds is 2. The predicted molar refractivity (Wildman–Crippen MR) is 84.1 cm³/mol. The summed E-state index contributed by atoms with van der Waals surface area (Å²) >= 11 is 0. The van der Waals surface area contributed by atoms with E-state index >= 15 is 0 Å². The number of hydrogen-bond acceptors (Lipinski definition) is 5. The summed E-state index contributed by atoms with van der Waals surface area (Å²) < 4.78 is 5.19. The molecule has 0 saturated carbocycles. The molecule has 0 radical (unpaired) electrons. The molecule has 2 aromatic rings. The number of fused-ring (bicyclic) bond motifs is 1. The van der Waals surface area contributed by atoms with Crippen molar-refractivity contribution in [1.29, 1.82) is 0 Å². The van der Waals surface area contributed by atoms with Crippen molar-refractivity contribution in [3.63, 3.8) is 0 Å². The van der Waals surface area contributed by atoms with Crippen LogP contribution in [-0.2, 0) is 9.59 Å². The van der Waals surface area contributed by atoms with E-state index in [4.69, 9.17) is 4.74 Å². The van der Waals surface area contributed by atoms with E-state index < -0.39 is 0 Å². The Labute approximate surface area is 133 Å². The van der Waals surface area contributed by atoms with Gasteiger partial charge in [-0.25, -0.2) is 15.6 Å². The van der Waals surface area contributed by atoms with Crippen LogP contribution in [0.15, 0.2) is 18.2 Å². The van der Waals surface area contributed by atoms with Gasteiger partial charge in [-0.1, -0.05) is 0 Å². The Morgan fingerprint density at radius 2 is 1.78 bits per heavy atom. The van der Waals surface area contributed by atoms with Crippen LogP contribution in [0.2, 0.25) is 0 Å². The minimum atomic E-state index is -0.333. The number of nitrogens with one attached hydrogen (secondary N) is 3. The predicted octanol–water partition coefficient (Wildman–Crippen LogP) is -0.713. The Balaban J connectivity index is 2.49. The molecule has 0 saturated heterocycles. The highest BCUT2D eigenvalue weighted by atomic mass is 16.5. The summed E-state index contributed by atoms with van der Waals surface area (Å²) in [6.07, 6.45) is 0. The molecular weight excluding hydrogens is 298 g/mol. The zero-order valence-electron chi connectivity index (χ0n) is 13.4. The van der Waals surface area contributed by atoms with Crippen molar-refractivity contribution in [3.8, 4) is 5.75 Å². The van der Waals surface area contributed by atoms with Crippen molar-refractivity contribution in [3.05, 3.63) is 23.9 Å². The molecule has 8 heteroatoms. The van der Waals surface area contributed by atoms with E-state index in [2.05, 4.69) is 25.6 Å². The number of ether oxygens (including phenoxy) is 1. The molecule has 0 fully saturated rings. The van der Waals surface area contributed by atoms with Crippen molar-refractivity contribution in [1.82, 2.24) is 20.6 Å². The number of methoxy groups -OCH3 is 1. The number of guanidine groups is 1. The van der Waals surface area contributed by atoms with E-state index in [1.165, 1.54) is 13.8 Å². The molecule has 0 aliphatic rings. The average molecular weight is 316 g/mol. The van der Waals surface area contributed by atoms with Crippen LogP contribution in [-0.4, -0.2) is 34.9 Å². The molecule has 0 aliphatic carbocycles. The quantitative estimate of drug-likeness (QED) is 0.501. The van der Waals surface area contributed by atoms with Crippen molar-refractivity contribution in [2.75, 3.05) is 7.11 Å². The van der Waals surface area contributed by atoms with Crippen molar-refractivity contribution < 1.29 is 19.3 Å². The Morgan fingerprint density at radius 3 is 2.35 bits per heavy atom. The molecule has 1 heterocycles. The standard InChI is InChI=1S/C15H17N5O3/c1-8-12-6-5-11(23-4)7-13(12)19-14(16-8)20-15(17-9(2)21)18-10(3)22/h5-7H,1-4H3,(H2,16,17,18,19,20,21,22)/p+1. The lowest BCUT2D eigenvalue weighted by molar-refractivity contribution is -0.368. The first-order chi connectivity index (χ1) is 10.9. The van der Waals surface area contributed by atoms with Gasteiger partial charge in [0, 0.05) is 25.3 Å². The summed E-state index contributed by atoms with van der Waals surface area (Å²) in [7, 11) is 1.58. The number of aryl methyl sites for hydroxylation is 1. The zero-order chi connectivity index (χ0) is 17.0. The Morgan fingerprint density at radius 1 is 1.13 bits per heavy atom. The fourth-order valence-electron chi connectivity index (χ4n) is 2.01. The van der Waals surface area contributed by atoms with E-state index in [0.717, 1.165) is 11.1 Å². The largest absolute Gasteiger partial charge is 0.497 e. The summed E-state index contributed by atoms with van der Waals surface area (Å²) in [4.78, 5) is 33.9. The normalized spacial score (nSPS) is 10.1. The summed E-state index contributed by atoms with van der Waals surface area (Å²) in [6.45, 7) is 4.51. The highest BCUT2D eigenvalue weighted by Crippen LogP contribution is 2.21. The maximum Gasteiger partial charge on any atom is 0.354 e. The lowest BCUT2D eigenvalue weighted by Crippen LogP contribution is -2.76. The van der Waals surface area contributed by atoms with Crippen LogP contribution in [0.1, 0.15) is 19.5 Å². The van der Waals surface area contributed by atoms with Crippen molar-refractivity contribution in [2.24, 2.45) is 0 Å². The van der Waals surface area contributed by atoms with Gasteiger partial charge in [0.05, 0.1) is 12.8 Å². The van der Waals surface area contributed by atoms with Gasteiger partial charge in [0.1, 0.15) is 11.3 Å². The second-order valence-corrected chi connectivity index (χ2v) is 4.88. The summed E-state index contributed by atoms with van der Waals surface area (Å²) in [5.41, 5.74) is 1.44. The van der Waals surface area contributed by atoms with E-state index in [1.54, 1.807) is 13.2 Å². The van der Waals surface area contributed by atoms with Gasteiger partial charge in [-0.05, 0) is 19.1 Å². The lowest BCUT2D eigenvalue weighted by Gasteiger charge is -2.04. The number of benzene rings is 1. The van der Waals surface area contributed by atoms with E-state index in [-0.39, 0.29) is 23.7 Å². The molecule has 2 amide bonds. The third-order valence-electron chi connectivity index (χ3n) is 2.93. The van der Waals surface area contributed by atoms with E-state index in [9.17, 15) is 9.59 Å². The van der Waals surface area contributed by atoms with Gasteiger partial charge in [0.25, 0.3) is 17.8 Å². The van der Waals surface area contributed by atoms with Gasteiger partial charge in [-0.15, -0.1) is 9.97 Å². The lowest BCUT2D eigenvalue weighted by atomic mass is 10.2. The number of amides is 2. The second kappa shape index (κ2) is 6.82. The number of carbonyl (C=O) groups excluding carboxylic acids is 2. The highest BCUT2D eigenvalue weighted by Gasteiger charge is 2.13. The molecule has 1 aromatic heterocycles. The van der Waals surface area contributed by atoms with Gasteiger partial charge in [0.2, 0.25) is 0 Å². The maximum atomic E-state index is 11.2. The van der Waals surface area contributed by atoms with E-state index in [0.29, 0.717) is 11.3 Å². The third kappa shape index (κ3) is 4.22. The molecule has 0 spiro atoms. The molecule has 0 unspecified atom stereocenters. The van der Waals surface area contributed by atoms with Crippen LogP contribution in [0.4, 0.5) is 5.95 Å².